The molecule has 1 aliphatic heterocycles. The topological polar surface area (TPSA) is 48.8 Å². The van der Waals surface area contributed by atoms with E-state index in [1.165, 1.54) is 48.2 Å². The van der Waals surface area contributed by atoms with Crippen LogP contribution in [0.5, 0.6) is 0 Å². The van der Waals surface area contributed by atoms with E-state index in [0.29, 0.717) is 13.1 Å². The van der Waals surface area contributed by atoms with Crippen molar-refractivity contribution in [1.29, 1.82) is 0 Å². The molecular weight excluding hydrogens is 343 g/mol. The van der Waals surface area contributed by atoms with E-state index in [4.69, 9.17) is 4.98 Å². The van der Waals surface area contributed by atoms with E-state index >= 15 is 0 Å². The van der Waals surface area contributed by atoms with Crippen LogP contribution >= 0.6 is 0 Å². The Bertz CT molecular complexity index is 801. The quantitative estimate of drug-likeness (QED) is 0.756. The lowest BCUT2D eigenvalue weighted by Gasteiger charge is -2.33. The molecule has 0 atom stereocenters. The van der Waals surface area contributed by atoms with Crippen LogP contribution in [0.3, 0.4) is 0 Å². The molecule has 1 saturated heterocycles. The Morgan fingerprint density at radius 3 is 2.33 bits per heavy atom. The molecule has 4 rings (SSSR count). The lowest BCUT2D eigenvalue weighted by atomic mass is 9.90. The molecule has 0 saturated carbocycles. The number of nitrogens with zero attached hydrogens (tertiary/aromatic N) is 4. The standard InChI is InChI=1S/C21H25FN4O/c22-17-9-7-16(8-10-17)19-15-21(25-11-13-26(24-27)14-12-25)23-20-6-4-2-1-3-5-18(19)20/h7-10,15H,1-6,11-14H2. The number of rotatable bonds is 3. The molecule has 1 aromatic heterocycles. The predicted molar refractivity (Wildman–Crippen MR) is 105 cm³/mol. The minimum atomic E-state index is -0.214. The summed E-state index contributed by atoms with van der Waals surface area (Å²) < 4.78 is 13.4. The smallest absolute Gasteiger partial charge is 0.129 e. The van der Waals surface area contributed by atoms with Gasteiger partial charge in [-0.25, -0.2) is 9.37 Å². The van der Waals surface area contributed by atoms with Gasteiger partial charge in [0.05, 0.1) is 18.4 Å². The Morgan fingerprint density at radius 1 is 0.926 bits per heavy atom. The highest BCUT2D eigenvalue weighted by atomic mass is 19.1. The van der Waals surface area contributed by atoms with Crippen molar-refractivity contribution in [3.63, 3.8) is 0 Å². The second-order valence-corrected chi connectivity index (χ2v) is 7.40. The number of hydrogen-bond donors (Lipinski definition) is 0. The van der Waals surface area contributed by atoms with E-state index in [-0.39, 0.29) is 5.82 Å². The van der Waals surface area contributed by atoms with Crippen LogP contribution in [0.25, 0.3) is 11.1 Å². The molecular formula is C21H25FN4O. The summed E-state index contributed by atoms with van der Waals surface area (Å²) in [4.78, 5) is 18.0. The second kappa shape index (κ2) is 8.03. The molecule has 0 bridgehead atoms. The molecule has 1 fully saturated rings. The SMILES string of the molecule is O=NN1CCN(c2cc(-c3ccc(F)cc3)c3c(n2)CCCCCC3)CC1. The highest BCUT2D eigenvalue weighted by Crippen LogP contribution is 2.33. The first-order chi connectivity index (χ1) is 13.2. The van der Waals surface area contributed by atoms with Gasteiger partial charge in [-0.2, -0.15) is 0 Å². The zero-order chi connectivity index (χ0) is 18.6. The lowest BCUT2D eigenvalue weighted by molar-refractivity contribution is 0.266. The Hall–Kier alpha value is -2.50. The Labute approximate surface area is 159 Å². The number of nitroso groups, excluding NO2 is 1. The molecule has 6 heteroatoms. The Morgan fingerprint density at radius 2 is 1.63 bits per heavy atom. The number of hydrogen-bond acceptors (Lipinski definition) is 4. The van der Waals surface area contributed by atoms with Gasteiger partial charge in [0.15, 0.2) is 0 Å². The van der Waals surface area contributed by atoms with Crippen LogP contribution in [0.4, 0.5) is 10.2 Å². The first-order valence-corrected chi connectivity index (χ1v) is 9.86. The van der Waals surface area contributed by atoms with E-state index < -0.39 is 0 Å². The molecule has 2 heterocycles. The van der Waals surface area contributed by atoms with Crippen molar-refractivity contribution >= 4 is 5.82 Å². The molecule has 5 nitrogen and oxygen atoms in total. The molecule has 0 spiro atoms. The number of benzene rings is 1. The summed E-state index contributed by atoms with van der Waals surface area (Å²) in [6.07, 6.45) is 6.86. The average molecular weight is 368 g/mol. The van der Waals surface area contributed by atoms with Crippen LogP contribution in [-0.2, 0) is 12.8 Å². The average Bonchev–Trinajstić information content (AvgIpc) is 2.69. The summed E-state index contributed by atoms with van der Waals surface area (Å²) in [5.74, 6) is 0.743. The van der Waals surface area contributed by atoms with E-state index in [1.54, 1.807) is 5.01 Å². The number of fused-ring (bicyclic) bond motifs is 1. The first kappa shape index (κ1) is 17.9. The van der Waals surface area contributed by atoms with Crippen molar-refractivity contribution in [2.45, 2.75) is 38.5 Å². The van der Waals surface area contributed by atoms with Crippen molar-refractivity contribution in [1.82, 2.24) is 9.99 Å². The molecule has 142 valence electrons. The molecule has 0 N–H and O–H groups in total. The van der Waals surface area contributed by atoms with Crippen LogP contribution in [0.2, 0.25) is 0 Å². The van der Waals surface area contributed by atoms with Crippen LogP contribution < -0.4 is 4.90 Å². The third-order valence-electron chi connectivity index (χ3n) is 5.64. The van der Waals surface area contributed by atoms with Gasteiger partial charge in [0.2, 0.25) is 0 Å². The zero-order valence-electron chi connectivity index (χ0n) is 15.5. The lowest BCUT2D eigenvalue weighted by Crippen LogP contribution is -2.44. The molecule has 27 heavy (non-hydrogen) atoms. The number of aryl methyl sites for hydroxylation is 1. The molecule has 1 aliphatic carbocycles. The number of anilines is 1. The summed E-state index contributed by atoms with van der Waals surface area (Å²) in [7, 11) is 0. The van der Waals surface area contributed by atoms with Crippen LogP contribution in [0.15, 0.2) is 35.6 Å². The summed E-state index contributed by atoms with van der Waals surface area (Å²) in [6.45, 7) is 2.71. The zero-order valence-corrected chi connectivity index (χ0v) is 15.5. The fourth-order valence-electron chi connectivity index (χ4n) is 4.10. The van der Waals surface area contributed by atoms with Gasteiger partial charge in [0.1, 0.15) is 11.6 Å². The van der Waals surface area contributed by atoms with Crippen molar-refractivity contribution in [2.24, 2.45) is 5.29 Å². The fraction of sp³-hybridized carbons (Fsp3) is 0.476. The largest absolute Gasteiger partial charge is 0.353 e. The number of aromatic nitrogens is 1. The van der Waals surface area contributed by atoms with Gasteiger partial charge in [-0.1, -0.05) is 25.0 Å². The summed E-state index contributed by atoms with van der Waals surface area (Å²) in [6, 6.07) is 8.93. The van der Waals surface area contributed by atoms with Crippen molar-refractivity contribution in [3.8, 4) is 11.1 Å². The maximum Gasteiger partial charge on any atom is 0.129 e. The van der Waals surface area contributed by atoms with Crippen LogP contribution in [0.1, 0.15) is 36.9 Å². The molecule has 0 unspecified atom stereocenters. The molecule has 0 radical (unpaired) electrons. The van der Waals surface area contributed by atoms with E-state index in [2.05, 4.69) is 16.3 Å². The monoisotopic (exact) mass is 368 g/mol. The third kappa shape index (κ3) is 3.94. The molecule has 0 amide bonds. The van der Waals surface area contributed by atoms with Gasteiger partial charge < -0.3 is 4.90 Å². The second-order valence-electron chi connectivity index (χ2n) is 7.40. The first-order valence-electron chi connectivity index (χ1n) is 9.86. The van der Waals surface area contributed by atoms with E-state index in [0.717, 1.165) is 43.7 Å². The minimum absolute atomic E-state index is 0.214. The number of halogens is 1. The Balaban J connectivity index is 1.74. The molecule has 2 aliphatic rings. The van der Waals surface area contributed by atoms with Gasteiger partial charge in [0, 0.05) is 18.8 Å². The summed E-state index contributed by atoms with van der Waals surface area (Å²) in [5, 5.41) is 4.60. The van der Waals surface area contributed by atoms with Gasteiger partial charge in [-0.05, 0) is 60.6 Å². The number of piperazine rings is 1. The summed E-state index contributed by atoms with van der Waals surface area (Å²) in [5.41, 5.74) is 4.72. The van der Waals surface area contributed by atoms with Gasteiger partial charge in [-0.3, -0.25) is 5.01 Å². The normalized spacial score (nSPS) is 17.8. The van der Waals surface area contributed by atoms with E-state index in [1.807, 2.05) is 12.1 Å². The summed E-state index contributed by atoms with van der Waals surface area (Å²) >= 11 is 0. The molecule has 2 aromatic rings. The highest BCUT2D eigenvalue weighted by Gasteiger charge is 2.22. The Kier molecular flexibility index (Phi) is 5.32. The fourth-order valence-corrected chi connectivity index (χ4v) is 4.10. The number of pyridine rings is 1. The van der Waals surface area contributed by atoms with Gasteiger partial charge in [0.25, 0.3) is 0 Å². The van der Waals surface area contributed by atoms with Crippen molar-refractivity contribution < 1.29 is 4.39 Å². The van der Waals surface area contributed by atoms with E-state index in [9.17, 15) is 9.30 Å². The van der Waals surface area contributed by atoms with Gasteiger partial charge >= 0.3 is 0 Å². The molecule has 1 aromatic carbocycles. The van der Waals surface area contributed by atoms with Crippen LogP contribution in [0, 0.1) is 10.7 Å². The maximum atomic E-state index is 13.4. The predicted octanol–water partition coefficient (Wildman–Crippen LogP) is 4.35. The van der Waals surface area contributed by atoms with Crippen molar-refractivity contribution in [2.75, 3.05) is 31.1 Å². The van der Waals surface area contributed by atoms with Crippen molar-refractivity contribution in [3.05, 3.63) is 52.3 Å². The maximum absolute atomic E-state index is 13.4. The van der Waals surface area contributed by atoms with Crippen LogP contribution in [-0.4, -0.2) is 36.2 Å². The third-order valence-corrected chi connectivity index (χ3v) is 5.64. The minimum Gasteiger partial charge on any atom is -0.353 e. The highest BCUT2D eigenvalue weighted by molar-refractivity contribution is 5.71. The van der Waals surface area contributed by atoms with Gasteiger partial charge in [-0.15, -0.1) is 4.91 Å².